The summed E-state index contributed by atoms with van der Waals surface area (Å²) in [6.45, 7) is 7.04. The van der Waals surface area contributed by atoms with Crippen LogP contribution in [-0.4, -0.2) is 21.5 Å². The molecular formula is C19H27N5. The van der Waals surface area contributed by atoms with Crippen LogP contribution >= 0.6 is 0 Å². The molecule has 1 aliphatic rings. The maximum Gasteiger partial charge on any atom is 0.232 e. The third-order valence-electron chi connectivity index (χ3n) is 4.65. The van der Waals surface area contributed by atoms with Crippen LogP contribution in [0.2, 0.25) is 0 Å². The lowest BCUT2D eigenvalue weighted by molar-refractivity contribution is 0.373. The van der Waals surface area contributed by atoms with Crippen molar-refractivity contribution in [3.8, 4) is 0 Å². The van der Waals surface area contributed by atoms with Crippen molar-refractivity contribution in [2.24, 2.45) is 5.92 Å². The van der Waals surface area contributed by atoms with Crippen LogP contribution in [0.5, 0.6) is 0 Å². The molecule has 0 amide bonds. The van der Waals surface area contributed by atoms with E-state index < -0.39 is 0 Å². The van der Waals surface area contributed by atoms with Crippen LogP contribution in [0.3, 0.4) is 0 Å². The van der Waals surface area contributed by atoms with Crippen LogP contribution in [0, 0.1) is 26.7 Å². The average Bonchev–Trinajstić information content (AvgIpc) is 2.56. The van der Waals surface area contributed by atoms with Crippen LogP contribution in [0.4, 0.5) is 17.6 Å². The van der Waals surface area contributed by atoms with Gasteiger partial charge in [0.15, 0.2) is 0 Å². The number of nitrogens with zero attached hydrogens (tertiary/aromatic N) is 3. The van der Waals surface area contributed by atoms with E-state index in [4.69, 9.17) is 0 Å². The summed E-state index contributed by atoms with van der Waals surface area (Å²) in [5, 5.41) is 6.72. The molecule has 0 spiro atoms. The van der Waals surface area contributed by atoms with E-state index in [1.54, 1.807) is 0 Å². The maximum atomic E-state index is 4.53. The van der Waals surface area contributed by atoms with E-state index in [1.807, 2.05) is 6.92 Å². The quantitative estimate of drug-likeness (QED) is 0.845. The molecule has 128 valence electrons. The summed E-state index contributed by atoms with van der Waals surface area (Å²) < 4.78 is 0. The van der Waals surface area contributed by atoms with Gasteiger partial charge in [-0.25, -0.2) is 0 Å². The summed E-state index contributed by atoms with van der Waals surface area (Å²) in [7, 11) is 0. The summed E-state index contributed by atoms with van der Waals surface area (Å²) in [5.74, 6) is 2.73. The van der Waals surface area contributed by atoms with E-state index in [1.165, 1.54) is 43.2 Å². The van der Waals surface area contributed by atoms with Crippen molar-refractivity contribution in [1.29, 1.82) is 0 Å². The Morgan fingerprint density at radius 3 is 2.46 bits per heavy atom. The van der Waals surface area contributed by atoms with Crippen molar-refractivity contribution < 1.29 is 0 Å². The number of nitrogens with one attached hydrogen (secondary N) is 2. The standard InChI is InChI=1S/C19H27N5/c1-13-9-10-17(14(2)11-13)23-19-22-15(3)21-18(24-19)20-12-16-7-5-4-6-8-16/h9-11,16H,4-8,12H2,1-3H3,(H2,20,21,22,23,24). The molecule has 1 aromatic heterocycles. The second kappa shape index (κ2) is 7.60. The van der Waals surface area contributed by atoms with E-state index >= 15 is 0 Å². The molecule has 5 heteroatoms. The molecule has 24 heavy (non-hydrogen) atoms. The maximum absolute atomic E-state index is 4.53. The highest BCUT2D eigenvalue weighted by Gasteiger charge is 2.14. The van der Waals surface area contributed by atoms with E-state index in [0.29, 0.717) is 11.9 Å². The fourth-order valence-electron chi connectivity index (χ4n) is 3.32. The summed E-state index contributed by atoms with van der Waals surface area (Å²) in [4.78, 5) is 13.4. The summed E-state index contributed by atoms with van der Waals surface area (Å²) >= 11 is 0. The normalized spacial score (nSPS) is 15.3. The number of hydrogen-bond acceptors (Lipinski definition) is 5. The summed E-state index contributed by atoms with van der Waals surface area (Å²) in [6, 6.07) is 6.31. The molecule has 0 atom stereocenters. The Labute approximate surface area is 144 Å². The Balaban J connectivity index is 1.68. The molecule has 2 N–H and O–H groups in total. The molecule has 0 aliphatic heterocycles. The Kier molecular flexibility index (Phi) is 5.28. The zero-order valence-corrected chi connectivity index (χ0v) is 14.9. The molecular weight excluding hydrogens is 298 g/mol. The van der Waals surface area contributed by atoms with Crippen molar-refractivity contribution in [3.63, 3.8) is 0 Å². The Morgan fingerprint density at radius 2 is 1.71 bits per heavy atom. The molecule has 5 nitrogen and oxygen atoms in total. The van der Waals surface area contributed by atoms with Gasteiger partial charge in [0.05, 0.1) is 0 Å². The molecule has 0 saturated heterocycles. The highest BCUT2D eigenvalue weighted by Crippen LogP contribution is 2.24. The first-order valence-electron chi connectivity index (χ1n) is 8.91. The smallest absolute Gasteiger partial charge is 0.232 e. The fourth-order valence-corrected chi connectivity index (χ4v) is 3.32. The zero-order valence-electron chi connectivity index (χ0n) is 14.9. The summed E-state index contributed by atoms with van der Waals surface area (Å²) in [5.41, 5.74) is 3.47. The second-order valence-corrected chi connectivity index (χ2v) is 6.86. The average molecular weight is 325 g/mol. The lowest BCUT2D eigenvalue weighted by Crippen LogP contribution is -2.19. The second-order valence-electron chi connectivity index (χ2n) is 6.86. The molecule has 1 fully saturated rings. The molecule has 2 aromatic rings. The highest BCUT2D eigenvalue weighted by atomic mass is 15.2. The van der Waals surface area contributed by atoms with E-state index in [-0.39, 0.29) is 0 Å². The van der Waals surface area contributed by atoms with Crippen molar-refractivity contribution in [2.45, 2.75) is 52.9 Å². The molecule has 1 aliphatic carbocycles. The number of hydrogen-bond donors (Lipinski definition) is 2. The van der Waals surface area contributed by atoms with Gasteiger partial charge in [-0.05, 0) is 51.2 Å². The number of benzene rings is 1. The number of aromatic nitrogens is 3. The van der Waals surface area contributed by atoms with E-state index in [2.05, 4.69) is 57.6 Å². The largest absolute Gasteiger partial charge is 0.354 e. The molecule has 0 bridgehead atoms. The monoisotopic (exact) mass is 325 g/mol. The van der Waals surface area contributed by atoms with Crippen LogP contribution in [0.15, 0.2) is 18.2 Å². The summed E-state index contributed by atoms with van der Waals surface area (Å²) in [6.07, 6.45) is 6.70. The first-order valence-corrected chi connectivity index (χ1v) is 8.91. The van der Waals surface area contributed by atoms with Gasteiger partial charge >= 0.3 is 0 Å². The third-order valence-corrected chi connectivity index (χ3v) is 4.65. The van der Waals surface area contributed by atoms with Gasteiger partial charge in [-0.15, -0.1) is 0 Å². The third kappa shape index (κ3) is 4.43. The first kappa shape index (κ1) is 16.7. The fraction of sp³-hybridized carbons (Fsp3) is 0.526. The van der Waals surface area contributed by atoms with E-state index in [9.17, 15) is 0 Å². The minimum absolute atomic E-state index is 0.598. The van der Waals surface area contributed by atoms with Gasteiger partial charge in [-0.2, -0.15) is 15.0 Å². The van der Waals surface area contributed by atoms with Gasteiger partial charge in [0, 0.05) is 12.2 Å². The molecule has 0 radical (unpaired) electrons. The van der Waals surface area contributed by atoms with Crippen molar-refractivity contribution in [2.75, 3.05) is 17.2 Å². The minimum atomic E-state index is 0.598. The Bertz CT molecular complexity index is 692. The van der Waals surface area contributed by atoms with E-state index in [0.717, 1.165) is 24.0 Å². The molecule has 0 unspecified atom stereocenters. The lowest BCUT2D eigenvalue weighted by Gasteiger charge is -2.21. The van der Waals surface area contributed by atoms with Gasteiger partial charge in [-0.3, -0.25) is 0 Å². The van der Waals surface area contributed by atoms with Crippen molar-refractivity contribution >= 4 is 17.6 Å². The number of rotatable bonds is 5. The SMILES string of the molecule is Cc1ccc(Nc2nc(C)nc(NCC3CCCCC3)n2)c(C)c1. The van der Waals surface area contributed by atoms with Crippen molar-refractivity contribution in [3.05, 3.63) is 35.2 Å². The molecule has 1 saturated carbocycles. The van der Waals surface area contributed by atoms with Gasteiger partial charge in [-0.1, -0.05) is 37.0 Å². The van der Waals surface area contributed by atoms with Crippen LogP contribution in [0.25, 0.3) is 0 Å². The Hall–Kier alpha value is -2.17. The van der Waals surface area contributed by atoms with Gasteiger partial charge in [0.2, 0.25) is 11.9 Å². The van der Waals surface area contributed by atoms with Gasteiger partial charge in [0.25, 0.3) is 0 Å². The molecule has 1 aromatic carbocycles. The van der Waals surface area contributed by atoms with Gasteiger partial charge < -0.3 is 10.6 Å². The molecule has 1 heterocycles. The zero-order chi connectivity index (χ0) is 16.9. The predicted molar refractivity (Wildman–Crippen MR) is 98.8 cm³/mol. The van der Waals surface area contributed by atoms with Crippen LogP contribution in [-0.2, 0) is 0 Å². The molecule has 3 rings (SSSR count). The number of aryl methyl sites for hydroxylation is 3. The first-order chi connectivity index (χ1) is 11.6. The van der Waals surface area contributed by atoms with Crippen molar-refractivity contribution in [1.82, 2.24) is 15.0 Å². The number of anilines is 3. The minimum Gasteiger partial charge on any atom is -0.354 e. The van der Waals surface area contributed by atoms with Crippen LogP contribution < -0.4 is 10.6 Å². The lowest BCUT2D eigenvalue weighted by atomic mass is 9.89. The van der Waals surface area contributed by atoms with Crippen LogP contribution in [0.1, 0.15) is 49.1 Å². The van der Waals surface area contributed by atoms with Gasteiger partial charge in [0.1, 0.15) is 5.82 Å². The highest BCUT2D eigenvalue weighted by molar-refractivity contribution is 5.59. The topological polar surface area (TPSA) is 62.7 Å². The Morgan fingerprint density at radius 1 is 0.958 bits per heavy atom. The predicted octanol–water partition coefficient (Wildman–Crippen LogP) is 4.53.